The van der Waals surface area contributed by atoms with Crippen LogP contribution in [0.1, 0.15) is 34.1 Å². The Balaban J connectivity index is 1.67. The quantitative estimate of drug-likeness (QED) is 0.913. The van der Waals surface area contributed by atoms with E-state index in [1.807, 2.05) is 11.5 Å². The lowest BCUT2D eigenvalue weighted by molar-refractivity contribution is -0.137. The molecule has 1 aliphatic heterocycles. The molecule has 0 saturated heterocycles. The molecule has 0 fully saturated rings. The number of pyridine rings is 1. The van der Waals surface area contributed by atoms with Gasteiger partial charge in [0.05, 0.1) is 5.56 Å². The van der Waals surface area contributed by atoms with E-state index in [0.717, 1.165) is 23.8 Å². The van der Waals surface area contributed by atoms with Gasteiger partial charge in [-0.05, 0) is 25.5 Å². The zero-order valence-electron chi connectivity index (χ0n) is 12.3. The Hall–Kier alpha value is -2.45. The molecule has 3 heterocycles. The van der Waals surface area contributed by atoms with E-state index in [9.17, 15) is 18.0 Å². The molecule has 1 amide bonds. The van der Waals surface area contributed by atoms with Gasteiger partial charge in [-0.3, -0.25) is 9.78 Å². The fourth-order valence-electron chi connectivity index (χ4n) is 2.54. The van der Waals surface area contributed by atoms with Crippen LogP contribution in [0.15, 0.2) is 18.3 Å². The largest absolute Gasteiger partial charge is 0.417 e. The Labute approximate surface area is 129 Å². The lowest BCUT2D eigenvalue weighted by Crippen LogP contribution is -2.41. The van der Waals surface area contributed by atoms with E-state index in [0.29, 0.717) is 25.6 Å². The smallest absolute Gasteiger partial charge is 0.346 e. The molecule has 0 radical (unpaired) electrons. The van der Waals surface area contributed by atoms with E-state index in [4.69, 9.17) is 0 Å². The number of nitrogens with zero attached hydrogens (tertiary/aromatic N) is 4. The minimum Gasteiger partial charge on any atom is -0.346 e. The predicted octanol–water partition coefficient (Wildman–Crippen LogP) is 1.75. The monoisotopic (exact) mass is 325 g/mol. The SMILES string of the molecule is Cc1nnc2n1C[C@@H](NC(=O)c1ccc(C(F)(F)F)cn1)CC2. The average molecular weight is 325 g/mol. The number of carbonyl (C=O) groups excluding carboxylic acids is 1. The number of fused-ring (bicyclic) bond motifs is 1. The van der Waals surface area contributed by atoms with Crippen LogP contribution in [0.3, 0.4) is 0 Å². The van der Waals surface area contributed by atoms with Crippen molar-refractivity contribution in [3.8, 4) is 0 Å². The Morgan fingerprint density at radius 2 is 2.13 bits per heavy atom. The Morgan fingerprint density at radius 1 is 1.35 bits per heavy atom. The fraction of sp³-hybridized carbons (Fsp3) is 0.429. The predicted molar refractivity (Wildman–Crippen MR) is 73.6 cm³/mol. The highest BCUT2D eigenvalue weighted by Crippen LogP contribution is 2.28. The summed E-state index contributed by atoms with van der Waals surface area (Å²) in [5, 5.41) is 10.8. The lowest BCUT2D eigenvalue weighted by atomic mass is 10.1. The van der Waals surface area contributed by atoms with Crippen molar-refractivity contribution < 1.29 is 18.0 Å². The van der Waals surface area contributed by atoms with Crippen LogP contribution in [0.5, 0.6) is 0 Å². The third kappa shape index (κ3) is 3.17. The third-order valence-electron chi connectivity index (χ3n) is 3.79. The average Bonchev–Trinajstić information content (AvgIpc) is 2.88. The van der Waals surface area contributed by atoms with Crippen LogP contribution in [0.2, 0.25) is 0 Å². The second-order valence-corrected chi connectivity index (χ2v) is 5.41. The van der Waals surface area contributed by atoms with Crippen molar-refractivity contribution in [1.82, 2.24) is 25.1 Å². The summed E-state index contributed by atoms with van der Waals surface area (Å²) < 4.78 is 39.4. The standard InChI is InChI=1S/C14H14F3N5O/c1-8-20-21-12-5-3-10(7-22(8)12)19-13(23)11-4-2-9(6-18-11)14(15,16)17/h2,4,6,10H,3,5,7H2,1H3,(H,19,23)/t10-/m0/s1. The van der Waals surface area contributed by atoms with Gasteiger partial charge in [0.2, 0.25) is 0 Å². The number of alkyl halides is 3. The highest BCUT2D eigenvalue weighted by Gasteiger charge is 2.31. The molecular weight excluding hydrogens is 311 g/mol. The number of hydrogen-bond acceptors (Lipinski definition) is 4. The first-order valence-corrected chi connectivity index (χ1v) is 7.07. The maximum Gasteiger partial charge on any atom is 0.417 e. The molecule has 1 atom stereocenters. The second kappa shape index (κ2) is 5.64. The summed E-state index contributed by atoms with van der Waals surface area (Å²) in [6.45, 7) is 2.37. The second-order valence-electron chi connectivity index (χ2n) is 5.41. The van der Waals surface area contributed by atoms with Crippen molar-refractivity contribution in [3.63, 3.8) is 0 Å². The van der Waals surface area contributed by atoms with Gasteiger partial charge in [0.15, 0.2) is 0 Å². The number of amides is 1. The first kappa shape index (κ1) is 15.4. The number of nitrogens with one attached hydrogen (secondary N) is 1. The zero-order chi connectivity index (χ0) is 16.6. The van der Waals surface area contributed by atoms with Crippen molar-refractivity contribution in [2.45, 2.75) is 38.5 Å². The minimum atomic E-state index is -4.46. The molecule has 122 valence electrons. The highest BCUT2D eigenvalue weighted by atomic mass is 19.4. The number of aromatic nitrogens is 4. The molecule has 0 aliphatic carbocycles. The summed E-state index contributed by atoms with van der Waals surface area (Å²) in [5.74, 6) is 1.16. The fourth-order valence-corrected chi connectivity index (χ4v) is 2.54. The summed E-state index contributed by atoms with van der Waals surface area (Å²) in [7, 11) is 0. The van der Waals surface area contributed by atoms with Gasteiger partial charge in [-0.25, -0.2) is 0 Å². The van der Waals surface area contributed by atoms with E-state index >= 15 is 0 Å². The molecule has 3 rings (SSSR count). The summed E-state index contributed by atoms with van der Waals surface area (Å²) >= 11 is 0. The van der Waals surface area contributed by atoms with Crippen LogP contribution in [0.25, 0.3) is 0 Å². The van der Waals surface area contributed by atoms with Gasteiger partial charge in [0.25, 0.3) is 5.91 Å². The summed E-state index contributed by atoms with van der Waals surface area (Å²) in [6.07, 6.45) is -2.41. The van der Waals surface area contributed by atoms with Crippen LogP contribution in [0.4, 0.5) is 13.2 Å². The molecule has 2 aromatic rings. The van der Waals surface area contributed by atoms with Gasteiger partial charge in [-0.15, -0.1) is 10.2 Å². The molecular formula is C14H14F3N5O. The molecule has 6 nitrogen and oxygen atoms in total. The molecule has 9 heteroatoms. The van der Waals surface area contributed by atoms with E-state index in [1.165, 1.54) is 0 Å². The van der Waals surface area contributed by atoms with E-state index in [-0.39, 0.29) is 11.7 Å². The van der Waals surface area contributed by atoms with Gasteiger partial charge in [-0.1, -0.05) is 0 Å². The third-order valence-corrected chi connectivity index (χ3v) is 3.79. The first-order chi connectivity index (χ1) is 10.8. The molecule has 0 bridgehead atoms. The number of halogens is 3. The molecule has 0 saturated carbocycles. The number of carbonyl (C=O) groups is 1. The minimum absolute atomic E-state index is 0.0377. The number of aryl methyl sites for hydroxylation is 2. The summed E-state index contributed by atoms with van der Waals surface area (Å²) in [6, 6.07) is 1.80. The zero-order valence-corrected chi connectivity index (χ0v) is 12.3. The summed E-state index contributed by atoms with van der Waals surface area (Å²) in [5.41, 5.74) is -0.916. The van der Waals surface area contributed by atoms with Crippen LogP contribution >= 0.6 is 0 Å². The van der Waals surface area contributed by atoms with Crippen molar-refractivity contribution >= 4 is 5.91 Å². The number of hydrogen-bond donors (Lipinski definition) is 1. The van der Waals surface area contributed by atoms with Crippen LogP contribution in [-0.2, 0) is 19.1 Å². The topological polar surface area (TPSA) is 72.7 Å². The van der Waals surface area contributed by atoms with Gasteiger partial charge < -0.3 is 9.88 Å². The lowest BCUT2D eigenvalue weighted by Gasteiger charge is -2.24. The maximum absolute atomic E-state index is 12.5. The van der Waals surface area contributed by atoms with Crippen molar-refractivity contribution in [2.24, 2.45) is 0 Å². The van der Waals surface area contributed by atoms with Gasteiger partial charge >= 0.3 is 6.18 Å². The molecule has 0 spiro atoms. The van der Waals surface area contributed by atoms with E-state index in [2.05, 4.69) is 20.5 Å². The number of rotatable bonds is 2. The Morgan fingerprint density at radius 3 is 2.78 bits per heavy atom. The van der Waals surface area contributed by atoms with Crippen molar-refractivity contribution in [2.75, 3.05) is 0 Å². The van der Waals surface area contributed by atoms with Gasteiger partial charge in [0.1, 0.15) is 17.3 Å². The molecule has 23 heavy (non-hydrogen) atoms. The van der Waals surface area contributed by atoms with E-state index in [1.54, 1.807) is 0 Å². The van der Waals surface area contributed by atoms with Crippen LogP contribution in [-0.4, -0.2) is 31.7 Å². The molecule has 1 N–H and O–H groups in total. The Bertz CT molecular complexity index is 723. The van der Waals surface area contributed by atoms with Crippen LogP contribution in [0, 0.1) is 6.92 Å². The van der Waals surface area contributed by atoms with Crippen LogP contribution < -0.4 is 5.32 Å². The molecule has 2 aromatic heterocycles. The maximum atomic E-state index is 12.5. The Kier molecular flexibility index (Phi) is 3.78. The first-order valence-electron chi connectivity index (χ1n) is 7.07. The summed E-state index contributed by atoms with van der Waals surface area (Å²) in [4.78, 5) is 15.7. The normalized spacial score (nSPS) is 17.7. The van der Waals surface area contributed by atoms with Gasteiger partial charge in [-0.2, -0.15) is 13.2 Å². The molecule has 0 unspecified atom stereocenters. The van der Waals surface area contributed by atoms with E-state index < -0.39 is 17.6 Å². The van der Waals surface area contributed by atoms with Gasteiger partial charge in [0, 0.05) is 25.2 Å². The van der Waals surface area contributed by atoms with Crippen molar-refractivity contribution in [1.29, 1.82) is 0 Å². The van der Waals surface area contributed by atoms with Crippen molar-refractivity contribution in [3.05, 3.63) is 41.2 Å². The molecule has 1 aliphatic rings. The molecule has 0 aromatic carbocycles. The highest BCUT2D eigenvalue weighted by molar-refractivity contribution is 5.92.